The number of ether oxygens (including phenoxy) is 1. The van der Waals surface area contributed by atoms with Crippen LogP contribution in [0.15, 0.2) is 11.6 Å². The van der Waals surface area contributed by atoms with Gasteiger partial charge < -0.3 is 10.5 Å². The highest BCUT2D eigenvalue weighted by atomic mass is 16.5. The molecule has 0 saturated heterocycles. The minimum absolute atomic E-state index is 0.770. The van der Waals surface area contributed by atoms with E-state index in [1.54, 1.807) is 0 Å². The van der Waals surface area contributed by atoms with Crippen molar-refractivity contribution < 1.29 is 4.74 Å². The van der Waals surface area contributed by atoms with Crippen LogP contribution in [0, 0.1) is 0 Å². The van der Waals surface area contributed by atoms with Crippen LogP contribution in [0.4, 0.5) is 0 Å². The quantitative estimate of drug-likeness (QED) is 0.554. The largest absolute Gasteiger partial charge is 0.377 e. The Labute approximate surface area is 55.7 Å². The molecule has 0 amide bonds. The topological polar surface area (TPSA) is 35.2 Å². The zero-order valence-electron chi connectivity index (χ0n) is 5.60. The van der Waals surface area contributed by atoms with Crippen molar-refractivity contribution in [2.24, 2.45) is 5.73 Å². The van der Waals surface area contributed by atoms with Crippen molar-refractivity contribution in [2.45, 2.75) is 12.8 Å². The molecule has 0 atom stereocenters. The highest BCUT2D eigenvalue weighted by Gasteiger charge is 2.00. The minimum Gasteiger partial charge on any atom is -0.377 e. The first kappa shape index (κ1) is 6.78. The molecular weight excluding hydrogens is 114 g/mol. The van der Waals surface area contributed by atoms with Gasteiger partial charge in [-0.05, 0) is 19.4 Å². The lowest BCUT2D eigenvalue weighted by Gasteiger charge is -2.11. The second kappa shape index (κ2) is 3.64. The van der Waals surface area contributed by atoms with Crippen LogP contribution >= 0.6 is 0 Å². The normalized spacial score (nSPS) is 19.4. The first-order valence-electron chi connectivity index (χ1n) is 3.39. The summed E-state index contributed by atoms with van der Waals surface area (Å²) >= 11 is 0. The smallest absolute Gasteiger partial charge is 0.0650 e. The van der Waals surface area contributed by atoms with Crippen molar-refractivity contribution in [3.8, 4) is 0 Å². The third-order valence-corrected chi connectivity index (χ3v) is 1.52. The third kappa shape index (κ3) is 2.16. The van der Waals surface area contributed by atoms with Crippen LogP contribution in [0.3, 0.4) is 0 Å². The Balaban J connectivity index is 2.28. The van der Waals surface area contributed by atoms with Crippen molar-refractivity contribution in [3.05, 3.63) is 11.6 Å². The molecule has 2 nitrogen and oxygen atoms in total. The maximum absolute atomic E-state index is 5.38. The van der Waals surface area contributed by atoms with Gasteiger partial charge >= 0.3 is 0 Å². The first-order chi connectivity index (χ1) is 4.43. The lowest BCUT2D eigenvalue weighted by molar-refractivity contribution is 0.153. The minimum atomic E-state index is 0.770. The number of rotatable bonds is 2. The van der Waals surface area contributed by atoms with Gasteiger partial charge in [0.2, 0.25) is 0 Å². The zero-order valence-corrected chi connectivity index (χ0v) is 5.60. The summed E-state index contributed by atoms with van der Waals surface area (Å²) in [5.41, 5.74) is 6.84. The highest BCUT2D eigenvalue weighted by molar-refractivity contribution is 5.04. The van der Waals surface area contributed by atoms with Gasteiger partial charge in [0.05, 0.1) is 13.2 Å². The summed E-state index contributed by atoms with van der Waals surface area (Å²) in [5.74, 6) is 0. The van der Waals surface area contributed by atoms with Crippen molar-refractivity contribution in [1.82, 2.24) is 0 Å². The van der Waals surface area contributed by atoms with Crippen LogP contribution in [-0.2, 0) is 4.74 Å². The Morgan fingerprint density at radius 1 is 1.67 bits per heavy atom. The summed E-state index contributed by atoms with van der Waals surface area (Å²) < 4.78 is 5.13. The molecule has 1 heterocycles. The van der Waals surface area contributed by atoms with Gasteiger partial charge in [-0.1, -0.05) is 11.6 Å². The number of hydrogen-bond acceptors (Lipinski definition) is 2. The summed E-state index contributed by atoms with van der Waals surface area (Å²) in [7, 11) is 0. The van der Waals surface area contributed by atoms with Gasteiger partial charge in [0, 0.05) is 0 Å². The zero-order chi connectivity index (χ0) is 6.53. The van der Waals surface area contributed by atoms with E-state index < -0.39 is 0 Å². The summed E-state index contributed by atoms with van der Waals surface area (Å²) in [6, 6.07) is 0. The average Bonchev–Trinajstić information content (AvgIpc) is 1.91. The lowest BCUT2D eigenvalue weighted by atomic mass is 10.1. The molecule has 2 N–H and O–H groups in total. The standard InChI is InChI=1S/C7H13NO/c8-4-1-7-2-5-9-6-3-7/h2H,1,3-6,8H2. The van der Waals surface area contributed by atoms with Gasteiger partial charge in [0.1, 0.15) is 0 Å². The predicted molar refractivity (Wildman–Crippen MR) is 37.2 cm³/mol. The Hall–Kier alpha value is -0.340. The van der Waals surface area contributed by atoms with Crippen molar-refractivity contribution >= 4 is 0 Å². The SMILES string of the molecule is NCCC1=CCOCC1. The van der Waals surface area contributed by atoms with E-state index in [4.69, 9.17) is 10.5 Å². The van der Waals surface area contributed by atoms with Crippen LogP contribution in [0.25, 0.3) is 0 Å². The number of nitrogens with two attached hydrogens (primary N) is 1. The predicted octanol–water partition coefficient (Wildman–Crippen LogP) is 0.682. The third-order valence-electron chi connectivity index (χ3n) is 1.52. The van der Waals surface area contributed by atoms with E-state index in [0.29, 0.717) is 0 Å². The molecule has 0 spiro atoms. The second-order valence-electron chi connectivity index (χ2n) is 2.23. The first-order valence-corrected chi connectivity index (χ1v) is 3.39. The average molecular weight is 127 g/mol. The van der Waals surface area contributed by atoms with Gasteiger partial charge in [-0.25, -0.2) is 0 Å². The van der Waals surface area contributed by atoms with E-state index >= 15 is 0 Å². The van der Waals surface area contributed by atoms with Crippen LogP contribution in [0.5, 0.6) is 0 Å². The fourth-order valence-corrected chi connectivity index (χ4v) is 0.978. The maximum atomic E-state index is 5.38. The van der Waals surface area contributed by atoms with Gasteiger partial charge in [-0.15, -0.1) is 0 Å². The molecule has 1 rings (SSSR count). The fourth-order valence-electron chi connectivity index (χ4n) is 0.978. The molecule has 0 aliphatic carbocycles. The van der Waals surface area contributed by atoms with Crippen molar-refractivity contribution in [1.29, 1.82) is 0 Å². The van der Waals surface area contributed by atoms with Crippen molar-refractivity contribution in [3.63, 3.8) is 0 Å². The Morgan fingerprint density at radius 2 is 2.56 bits per heavy atom. The number of hydrogen-bond donors (Lipinski definition) is 1. The van der Waals surface area contributed by atoms with E-state index in [2.05, 4.69) is 6.08 Å². The van der Waals surface area contributed by atoms with Gasteiger partial charge in [-0.2, -0.15) is 0 Å². The Bertz CT molecular complexity index is 109. The molecule has 0 aromatic heterocycles. The van der Waals surface area contributed by atoms with Crippen LogP contribution < -0.4 is 5.73 Å². The van der Waals surface area contributed by atoms with Crippen LogP contribution in [0.1, 0.15) is 12.8 Å². The van der Waals surface area contributed by atoms with Crippen molar-refractivity contribution in [2.75, 3.05) is 19.8 Å². The molecule has 1 aliphatic heterocycles. The van der Waals surface area contributed by atoms with Gasteiger partial charge in [-0.3, -0.25) is 0 Å². The molecule has 1 aliphatic rings. The molecule has 0 fully saturated rings. The van der Waals surface area contributed by atoms with E-state index in [1.165, 1.54) is 5.57 Å². The molecule has 52 valence electrons. The molecule has 0 saturated carbocycles. The molecule has 0 aromatic rings. The summed E-state index contributed by atoms with van der Waals surface area (Å²) in [5, 5.41) is 0. The Morgan fingerprint density at radius 3 is 3.11 bits per heavy atom. The molecular formula is C7H13NO. The van der Waals surface area contributed by atoms with E-state index in [9.17, 15) is 0 Å². The molecule has 2 heteroatoms. The van der Waals surface area contributed by atoms with Gasteiger partial charge in [0.25, 0.3) is 0 Å². The monoisotopic (exact) mass is 127 g/mol. The summed E-state index contributed by atoms with van der Waals surface area (Å²) in [4.78, 5) is 0. The fraction of sp³-hybridized carbons (Fsp3) is 0.714. The van der Waals surface area contributed by atoms with Gasteiger partial charge in [0.15, 0.2) is 0 Å². The second-order valence-corrected chi connectivity index (χ2v) is 2.23. The molecule has 0 radical (unpaired) electrons. The molecule has 0 bridgehead atoms. The Kier molecular flexibility index (Phi) is 2.74. The van der Waals surface area contributed by atoms with E-state index in [0.717, 1.165) is 32.6 Å². The van der Waals surface area contributed by atoms with Crippen LogP contribution in [-0.4, -0.2) is 19.8 Å². The molecule has 9 heavy (non-hydrogen) atoms. The van der Waals surface area contributed by atoms with Crippen LogP contribution in [0.2, 0.25) is 0 Å². The van der Waals surface area contributed by atoms with E-state index in [1.807, 2.05) is 0 Å². The van der Waals surface area contributed by atoms with E-state index in [-0.39, 0.29) is 0 Å². The summed E-state index contributed by atoms with van der Waals surface area (Å²) in [6.07, 6.45) is 4.26. The molecule has 0 unspecified atom stereocenters. The lowest BCUT2D eigenvalue weighted by Crippen LogP contribution is -2.08. The summed E-state index contributed by atoms with van der Waals surface area (Å²) in [6.45, 7) is 2.44. The molecule has 0 aromatic carbocycles. The maximum Gasteiger partial charge on any atom is 0.0650 e. The highest BCUT2D eigenvalue weighted by Crippen LogP contribution is 2.09.